The molecule has 0 aromatic rings. The normalized spacial score (nSPS) is 39.2. The average Bonchev–Trinajstić information content (AvgIpc) is 2.20. The molecular weight excluding hydrogens is 289 g/mol. The molecule has 0 aromatic heterocycles. The third-order valence-corrected chi connectivity index (χ3v) is 5.15. The van der Waals surface area contributed by atoms with E-state index in [0.29, 0.717) is 0 Å². The van der Waals surface area contributed by atoms with Gasteiger partial charge in [0.25, 0.3) is 0 Å². The van der Waals surface area contributed by atoms with Gasteiger partial charge in [0, 0.05) is 7.60 Å². The molecule has 8 heteroatoms. The second-order valence-corrected chi connectivity index (χ2v) is 7.14. The molecule has 0 aliphatic heterocycles. The van der Waals surface area contributed by atoms with Gasteiger partial charge in [-0.25, -0.2) is 4.79 Å². The van der Waals surface area contributed by atoms with E-state index in [0.717, 1.165) is 37.5 Å². The summed E-state index contributed by atoms with van der Waals surface area (Å²) in [6.45, 7) is 0. The van der Waals surface area contributed by atoms with E-state index in [-0.39, 0.29) is 77.1 Å². The number of carbonyl (C=O) groups excluding carboxylic acids is 1. The van der Waals surface area contributed by atoms with Gasteiger partial charge >= 0.3 is 64.8 Å². The number of hydrogen-bond donors (Lipinski definition) is 0. The molecule has 0 aromatic carbocycles. The topological polar surface area (TPSA) is 89.5 Å². The molecule has 0 radical (unpaired) electrons. The Morgan fingerprint density at radius 1 is 0.947 bits per heavy atom. The van der Waals surface area contributed by atoms with Crippen LogP contribution in [-0.4, -0.2) is 11.8 Å². The van der Waals surface area contributed by atoms with Crippen molar-refractivity contribution < 1.29 is 83.0 Å². The molecule has 0 atom stereocenters. The second kappa shape index (κ2) is 6.80. The molecule has 0 heterocycles. The van der Waals surface area contributed by atoms with Crippen LogP contribution in [0.25, 0.3) is 0 Å². The molecule has 0 saturated heterocycles. The maximum atomic E-state index is 11.1. The van der Waals surface area contributed by atoms with Gasteiger partial charge in [-0.15, -0.1) is 0 Å². The van der Waals surface area contributed by atoms with Crippen LogP contribution in [0, 0.1) is 23.7 Å². The van der Waals surface area contributed by atoms with Crippen molar-refractivity contribution in [3.63, 3.8) is 0 Å². The Kier molecular flexibility index (Phi) is 6.68. The quantitative estimate of drug-likeness (QED) is 0.376. The van der Waals surface area contributed by atoms with Gasteiger partial charge in [-0.3, -0.25) is 0 Å². The van der Waals surface area contributed by atoms with Crippen molar-refractivity contribution in [3.8, 4) is 0 Å². The summed E-state index contributed by atoms with van der Waals surface area (Å²) in [6, 6.07) is 0. The van der Waals surface area contributed by atoms with Gasteiger partial charge < -0.3 is 19.1 Å². The maximum Gasteiger partial charge on any atom is 1.00 e. The second-order valence-electron chi connectivity index (χ2n) is 5.78. The monoisotopic (exact) mass is 304 g/mol. The maximum absolute atomic E-state index is 11.1. The first-order valence-corrected chi connectivity index (χ1v) is 7.71. The number of rotatable bonds is 2. The van der Waals surface area contributed by atoms with Gasteiger partial charge in [-0.05, 0) is 55.8 Å². The Hall–Kier alpha value is 1.62. The fraction of sp³-hybridized carbons (Fsp3) is 0.909. The molecule has 4 rings (SSSR count). The van der Waals surface area contributed by atoms with Crippen LogP contribution in [0.15, 0.2) is 0 Å². The van der Waals surface area contributed by atoms with Crippen LogP contribution in [-0.2, 0) is 9.30 Å². The Morgan fingerprint density at radius 3 is 1.74 bits per heavy atom. The van der Waals surface area contributed by atoms with Crippen LogP contribution in [0.1, 0.15) is 32.1 Å². The van der Waals surface area contributed by atoms with Crippen LogP contribution < -0.4 is 68.9 Å². The predicted molar refractivity (Wildman–Crippen MR) is 54.9 cm³/mol. The van der Waals surface area contributed by atoms with E-state index >= 15 is 0 Å². The number of carbonyl (C=O) groups is 1. The molecule has 4 aliphatic rings. The Balaban J connectivity index is 0.000000902. The van der Waals surface area contributed by atoms with Gasteiger partial charge in [0.2, 0.25) is 0 Å². The standard InChI is InChI=1S/C11H17O5P.2Na/c12-11(17(13,14)15)16-10-8-2-6-1-7(4-8)5-9(10)3-6;;/h6-10H,1-5H2,(H2,13,14,15);;/q;2*+1/p-2. The van der Waals surface area contributed by atoms with E-state index in [2.05, 4.69) is 0 Å². The van der Waals surface area contributed by atoms with Crippen molar-refractivity contribution in [2.75, 3.05) is 0 Å². The number of ether oxygens (including phenoxy) is 1. The SMILES string of the molecule is O=C(OC1C2CC3CC(C2)CC1C3)P(=O)([O-])[O-].[Na+].[Na+]. The van der Waals surface area contributed by atoms with Gasteiger partial charge in [0.15, 0.2) is 0 Å². The predicted octanol–water partition coefficient (Wildman–Crippen LogP) is -5.13. The van der Waals surface area contributed by atoms with E-state index in [1.807, 2.05) is 0 Å². The van der Waals surface area contributed by atoms with Crippen LogP contribution in [0.3, 0.4) is 0 Å². The molecule has 4 fully saturated rings. The summed E-state index contributed by atoms with van der Waals surface area (Å²) >= 11 is 0. The summed E-state index contributed by atoms with van der Waals surface area (Å²) < 4.78 is 15.6. The molecule has 4 aliphatic carbocycles. The zero-order valence-electron chi connectivity index (χ0n) is 11.4. The van der Waals surface area contributed by atoms with Crippen molar-refractivity contribution in [3.05, 3.63) is 0 Å². The van der Waals surface area contributed by atoms with Gasteiger partial charge in [-0.2, -0.15) is 0 Å². The molecule has 0 N–H and O–H groups in total. The van der Waals surface area contributed by atoms with E-state index in [1.165, 1.54) is 6.42 Å². The summed E-state index contributed by atoms with van der Waals surface area (Å²) in [4.78, 5) is 32.3. The summed E-state index contributed by atoms with van der Waals surface area (Å²) in [5.41, 5.74) is -1.56. The minimum absolute atomic E-state index is 0. The minimum Gasteiger partial charge on any atom is -0.803 e. The fourth-order valence-corrected chi connectivity index (χ4v) is 4.50. The molecule has 0 spiro atoms. The van der Waals surface area contributed by atoms with Crippen molar-refractivity contribution >= 4 is 13.3 Å². The first-order valence-electron chi connectivity index (χ1n) is 6.16. The Labute approximate surface area is 157 Å². The van der Waals surface area contributed by atoms with E-state index < -0.39 is 13.3 Å². The number of hydrogen-bond acceptors (Lipinski definition) is 5. The van der Waals surface area contributed by atoms with Crippen molar-refractivity contribution in [1.82, 2.24) is 0 Å². The third-order valence-electron chi connectivity index (χ3n) is 4.60. The van der Waals surface area contributed by atoms with Crippen LogP contribution in [0.2, 0.25) is 0 Å². The molecule has 0 unspecified atom stereocenters. The minimum atomic E-state index is -5.23. The zero-order chi connectivity index (χ0) is 12.2. The first-order chi connectivity index (χ1) is 7.93. The third kappa shape index (κ3) is 3.88. The van der Waals surface area contributed by atoms with Crippen molar-refractivity contribution in [2.45, 2.75) is 38.2 Å². The van der Waals surface area contributed by atoms with Crippen molar-refractivity contribution in [2.24, 2.45) is 23.7 Å². The van der Waals surface area contributed by atoms with Gasteiger partial charge in [0.1, 0.15) is 6.10 Å². The Bertz CT molecular complexity index is 369. The van der Waals surface area contributed by atoms with E-state index in [1.54, 1.807) is 0 Å². The average molecular weight is 304 g/mol. The van der Waals surface area contributed by atoms with Crippen molar-refractivity contribution in [1.29, 1.82) is 0 Å². The molecular formula is C11H15Na2O5P. The summed E-state index contributed by atoms with van der Waals surface area (Å²) in [5, 5.41) is 0. The fourth-order valence-electron chi connectivity index (χ4n) is 4.25. The molecule has 4 saturated carbocycles. The molecule has 96 valence electrons. The Morgan fingerprint density at radius 2 is 1.37 bits per heavy atom. The molecule has 5 nitrogen and oxygen atoms in total. The van der Waals surface area contributed by atoms with Crippen LogP contribution >= 0.6 is 7.60 Å². The van der Waals surface area contributed by atoms with Gasteiger partial charge in [0.05, 0.1) is 0 Å². The van der Waals surface area contributed by atoms with Gasteiger partial charge in [-0.1, -0.05) is 0 Å². The summed E-state index contributed by atoms with van der Waals surface area (Å²) in [7, 11) is -5.23. The largest absolute Gasteiger partial charge is 1.00 e. The van der Waals surface area contributed by atoms with E-state index in [4.69, 9.17) is 4.74 Å². The molecule has 4 bridgehead atoms. The zero-order valence-corrected chi connectivity index (χ0v) is 16.3. The molecule has 19 heavy (non-hydrogen) atoms. The van der Waals surface area contributed by atoms with E-state index in [9.17, 15) is 19.1 Å². The molecule has 0 amide bonds. The summed E-state index contributed by atoms with van der Waals surface area (Å²) in [5.74, 6) is 2.00. The van der Waals surface area contributed by atoms with Crippen LogP contribution in [0.4, 0.5) is 4.79 Å². The smallest absolute Gasteiger partial charge is 0.803 e. The first kappa shape index (κ1) is 18.7. The van der Waals surface area contributed by atoms with Crippen LogP contribution in [0.5, 0.6) is 0 Å². The summed E-state index contributed by atoms with van der Waals surface area (Å²) in [6.07, 6.45) is 5.03.